The van der Waals surface area contributed by atoms with Crippen LogP contribution >= 0.6 is 0 Å². The highest BCUT2D eigenvalue weighted by Gasteiger charge is 2.45. The fourth-order valence-electron chi connectivity index (χ4n) is 4.24. The van der Waals surface area contributed by atoms with Gasteiger partial charge < -0.3 is 15.0 Å². The largest absolute Gasteiger partial charge is 0.361 e. The molecule has 1 unspecified atom stereocenters. The number of pyridine rings is 1. The van der Waals surface area contributed by atoms with E-state index in [-0.39, 0.29) is 18.4 Å². The molecule has 0 aliphatic carbocycles. The number of nitrogens with one attached hydrogen (secondary N) is 1. The number of carbonyl (C=O) groups excluding carboxylic acids is 2. The zero-order chi connectivity index (χ0) is 23.1. The molecular weight excluding hydrogens is 414 g/mol. The fourth-order valence-corrected chi connectivity index (χ4v) is 4.24. The maximum atomic E-state index is 13.4. The summed E-state index contributed by atoms with van der Waals surface area (Å²) in [5.41, 5.74) is 2.48. The molecule has 6 nitrogen and oxygen atoms in total. The Bertz CT molecular complexity index is 1090. The normalized spacial score (nSPS) is 18.0. The van der Waals surface area contributed by atoms with Crippen LogP contribution in [0.4, 0.5) is 0 Å². The third-order valence-electron chi connectivity index (χ3n) is 5.91. The van der Waals surface area contributed by atoms with Gasteiger partial charge in [-0.1, -0.05) is 61.5 Å². The summed E-state index contributed by atoms with van der Waals surface area (Å²) in [5, 5.41) is 3.01. The molecule has 6 heteroatoms. The van der Waals surface area contributed by atoms with E-state index >= 15 is 0 Å². The van der Waals surface area contributed by atoms with E-state index < -0.39 is 5.60 Å². The number of nitrogens with zero attached hydrogens (tertiary/aromatic N) is 2. The first kappa shape index (κ1) is 22.7. The van der Waals surface area contributed by atoms with Gasteiger partial charge >= 0.3 is 0 Å². The molecule has 2 heterocycles. The molecule has 170 valence electrons. The van der Waals surface area contributed by atoms with Crippen molar-refractivity contribution in [2.24, 2.45) is 0 Å². The zero-order valence-electron chi connectivity index (χ0n) is 18.9. The number of hydrogen-bond donors (Lipinski definition) is 1. The summed E-state index contributed by atoms with van der Waals surface area (Å²) >= 11 is 0. The monoisotopic (exact) mass is 443 g/mol. The fraction of sp³-hybridized carbons (Fsp3) is 0.296. The number of hydrogen-bond acceptors (Lipinski definition) is 4. The number of aromatic nitrogens is 1. The second kappa shape index (κ2) is 10.4. The molecule has 1 aromatic heterocycles. The van der Waals surface area contributed by atoms with Gasteiger partial charge in [-0.3, -0.25) is 14.6 Å². The molecule has 2 aromatic carbocycles. The Kier molecular flexibility index (Phi) is 7.15. The second-order valence-corrected chi connectivity index (χ2v) is 8.27. The maximum absolute atomic E-state index is 13.4. The van der Waals surface area contributed by atoms with Gasteiger partial charge in [0.25, 0.3) is 11.8 Å². The minimum atomic E-state index is -1.17. The van der Waals surface area contributed by atoms with Crippen molar-refractivity contribution in [2.75, 3.05) is 26.2 Å². The van der Waals surface area contributed by atoms with Crippen LogP contribution in [0.25, 0.3) is 11.1 Å². The Morgan fingerprint density at radius 2 is 1.85 bits per heavy atom. The van der Waals surface area contributed by atoms with Crippen LogP contribution in [0.5, 0.6) is 0 Å². The summed E-state index contributed by atoms with van der Waals surface area (Å²) in [7, 11) is 0. The molecule has 33 heavy (non-hydrogen) atoms. The van der Waals surface area contributed by atoms with Crippen LogP contribution in [0.3, 0.4) is 0 Å². The van der Waals surface area contributed by atoms with Crippen LogP contribution in [0.2, 0.25) is 0 Å². The number of amides is 2. The summed E-state index contributed by atoms with van der Waals surface area (Å²) in [4.78, 5) is 32.4. The van der Waals surface area contributed by atoms with E-state index in [1.54, 1.807) is 29.4 Å². The Morgan fingerprint density at radius 1 is 1.06 bits per heavy atom. The minimum absolute atomic E-state index is 0.143. The molecule has 1 N–H and O–H groups in total. The third kappa shape index (κ3) is 5.12. The third-order valence-corrected chi connectivity index (χ3v) is 5.91. The quantitative estimate of drug-likeness (QED) is 0.604. The molecule has 1 saturated heterocycles. The van der Waals surface area contributed by atoms with Crippen molar-refractivity contribution in [1.82, 2.24) is 15.2 Å². The molecule has 2 amide bonds. The maximum Gasteiger partial charge on any atom is 0.255 e. The molecule has 4 rings (SSSR count). The molecule has 1 atom stereocenters. The van der Waals surface area contributed by atoms with Crippen molar-refractivity contribution in [3.63, 3.8) is 0 Å². The summed E-state index contributed by atoms with van der Waals surface area (Å²) in [6.07, 6.45) is 4.38. The summed E-state index contributed by atoms with van der Waals surface area (Å²) in [5.74, 6) is -0.327. The van der Waals surface area contributed by atoms with Crippen molar-refractivity contribution in [1.29, 1.82) is 0 Å². The van der Waals surface area contributed by atoms with Gasteiger partial charge in [0.05, 0.1) is 18.7 Å². The average molecular weight is 444 g/mol. The topological polar surface area (TPSA) is 71.5 Å². The minimum Gasteiger partial charge on any atom is -0.361 e. The molecule has 0 radical (unpaired) electrons. The van der Waals surface area contributed by atoms with Gasteiger partial charge in [0.2, 0.25) is 0 Å². The highest BCUT2D eigenvalue weighted by molar-refractivity contribution is 5.95. The van der Waals surface area contributed by atoms with Gasteiger partial charge in [0.1, 0.15) is 0 Å². The van der Waals surface area contributed by atoms with Crippen LogP contribution in [-0.2, 0) is 16.0 Å². The summed E-state index contributed by atoms with van der Waals surface area (Å²) in [6.45, 7) is 3.47. The van der Waals surface area contributed by atoms with Crippen molar-refractivity contribution in [3.05, 3.63) is 90.3 Å². The van der Waals surface area contributed by atoms with E-state index in [1.807, 2.05) is 43.3 Å². The van der Waals surface area contributed by atoms with Crippen LogP contribution in [0.15, 0.2) is 79.1 Å². The van der Waals surface area contributed by atoms with E-state index in [0.717, 1.165) is 23.1 Å². The van der Waals surface area contributed by atoms with Crippen molar-refractivity contribution in [3.8, 4) is 11.1 Å². The highest BCUT2D eigenvalue weighted by Crippen LogP contribution is 2.31. The summed E-state index contributed by atoms with van der Waals surface area (Å²) in [6, 6.07) is 21.6. The number of carbonyl (C=O) groups is 2. The lowest BCUT2D eigenvalue weighted by atomic mass is 9.87. The molecule has 0 spiro atoms. The van der Waals surface area contributed by atoms with E-state index in [4.69, 9.17) is 4.74 Å². The van der Waals surface area contributed by atoms with Gasteiger partial charge in [-0.05, 0) is 35.2 Å². The predicted molar refractivity (Wildman–Crippen MR) is 128 cm³/mol. The van der Waals surface area contributed by atoms with E-state index in [0.29, 0.717) is 31.7 Å². The van der Waals surface area contributed by atoms with Crippen LogP contribution in [0.1, 0.15) is 29.3 Å². The molecular formula is C27H29N3O3. The van der Waals surface area contributed by atoms with Crippen LogP contribution < -0.4 is 5.32 Å². The van der Waals surface area contributed by atoms with Gasteiger partial charge in [0, 0.05) is 31.9 Å². The Morgan fingerprint density at radius 3 is 2.61 bits per heavy atom. The van der Waals surface area contributed by atoms with Gasteiger partial charge in [-0.2, -0.15) is 0 Å². The predicted octanol–water partition coefficient (Wildman–Crippen LogP) is 3.73. The number of rotatable bonds is 7. The SMILES string of the molecule is CCCNC(=O)C1(Cc2ccccc2-c2ccccc2)CN(C(=O)c2cccnc2)CCO1. The van der Waals surface area contributed by atoms with Crippen LogP contribution in [0, 0.1) is 0 Å². The number of benzene rings is 2. The molecule has 0 bridgehead atoms. The zero-order valence-corrected chi connectivity index (χ0v) is 18.9. The van der Waals surface area contributed by atoms with Gasteiger partial charge in [0.15, 0.2) is 5.60 Å². The van der Waals surface area contributed by atoms with Gasteiger partial charge in [-0.15, -0.1) is 0 Å². The smallest absolute Gasteiger partial charge is 0.255 e. The van der Waals surface area contributed by atoms with E-state index in [2.05, 4.69) is 28.5 Å². The molecule has 1 fully saturated rings. The van der Waals surface area contributed by atoms with E-state index in [9.17, 15) is 9.59 Å². The van der Waals surface area contributed by atoms with E-state index in [1.165, 1.54) is 0 Å². The first-order chi connectivity index (χ1) is 16.1. The standard InChI is InChI=1S/C27H29N3O3/c1-2-14-29-26(32)27(18-22-11-6-7-13-24(22)21-9-4-3-5-10-21)20-30(16-17-33-27)25(31)23-12-8-15-28-19-23/h3-13,15,19H,2,14,16-18,20H2,1H3,(H,29,32). The Balaban J connectivity index is 1.67. The van der Waals surface area contributed by atoms with Gasteiger partial charge in [-0.25, -0.2) is 0 Å². The molecule has 3 aromatic rings. The Labute approximate surface area is 194 Å². The van der Waals surface area contributed by atoms with Crippen molar-refractivity contribution < 1.29 is 14.3 Å². The first-order valence-electron chi connectivity index (χ1n) is 11.4. The molecule has 0 saturated carbocycles. The molecule has 1 aliphatic rings. The second-order valence-electron chi connectivity index (χ2n) is 8.27. The highest BCUT2D eigenvalue weighted by atomic mass is 16.5. The lowest BCUT2D eigenvalue weighted by molar-refractivity contribution is -0.157. The van der Waals surface area contributed by atoms with Crippen molar-refractivity contribution in [2.45, 2.75) is 25.4 Å². The van der Waals surface area contributed by atoms with Crippen LogP contribution in [-0.4, -0.2) is 53.5 Å². The van der Waals surface area contributed by atoms with Crippen molar-refractivity contribution >= 4 is 11.8 Å². The molecule has 1 aliphatic heterocycles. The first-order valence-corrected chi connectivity index (χ1v) is 11.4. The number of morpholine rings is 1. The average Bonchev–Trinajstić information content (AvgIpc) is 2.88. The Hall–Kier alpha value is -3.51. The number of ether oxygens (including phenoxy) is 1. The lowest BCUT2D eigenvalue weighted by Gasteiger charge is -2.42. The summed E-state index contributed by atoms with van der Waals surface area (Å²) < 4.78 is 6.21. The lowest BCUT2D eigenvalue weighted by Crippen LogP contribution is -2.62.